The van der Waals surface area contributed by atoms with Crippen LogP contribution >= 0.6 is 0 Å². The number of terminal acetylenes is 1. The van der Waals surface area contributed by atoms with Crippen molar-refractivity contribution in [1.82, 2.24) is 9.62 Å². The molecule has 1 amide bonds. The molecule has 1 aromatic rings. The fourth-order valence-corrected chi connectivity index (χ4v) is 3.72. The van der Waals surface area contributed by atoms with Crippen molar-refractivity contribution < 1.29 is 13.2 Å². The van der Waals surface area contributed by atoms with Crippen LogP contribution in [0.2, 0.25) is 0 Å². The normalized spacial score (nSPS) is 15.6. The van der Waals surface area contributed by atoms with Gasteiger partial charge in [-0.25, -0.2) is 8.42 Å². The number of rotatable bonds is 5. The molecule has 1 heterocycles. The number of hydrogen-bond donors (Lipinski definition) is 1. The molecule has 1 aliphatic rings. The lowest BCUT2D eigenvalue weighted by Crippen LogP contribution is -2.28. The second-order valence-electron chi connectivity index (χ2n) is 4.85. The summed E-state index contributed by atoms with van der Waals surface area (Å²) >= 11 is 0. The zero-order valence-electron chi connectivity index (χ0n) is 11.7. The van der Waals surface area contributed by atoms with Crippen LogP contribution < -0.4 is 5.32 Å². The summed E-state index contributed by atoms with van der Waals surface area (Å²) < 4.78 is 26.1. The number of nitrogens with one attached hydrogen (secondary N) is 1. The second-order valence-corrected chi connectivity index (χ2v) is 6.78. The molecule has 0 aromatic heterocycles. The van der Waals surface area contributed by atoms with Crippen LogP contribution in [0.4, 0.5) is 0 Å². The summed E-state index contributed by atoms with van der Waals surface area (Å²) in [5, 5.41) is 2.67. The van der Waals surface area contributed by atoms with E-state index in [2.05, 4.69) is 11.2 Å². The summed E-state index contributed by atoms with van der Waals surface area (Å²) in [5.41, 5.74) is 0.424. The number of amides is 1. The minimum atomic E-state index is -3.43. The highest BCUT2D eigenvalue weighted by molar-refractivity contribution is 7.89. The zero-order chi connectivity index (χ0) is 15.3. The second kappa shape index (κ2) is 6.74. The number of carbonyl (C=O) groups excluding carboxylic acids is 1. The van der Waals surface area contributed by atoms with E-state index in [9.17, 15) is 13.2 Å². The Morgan fingerprint density at radius 1 is 1.24 bits per heavy atom. The van der Waals surface area contributed by atoms with Crippen LogP contribution in [0.5, 0.6) is 0 Å². The van der Waals surface area contributed by atoms with Gasteiger partial charge in [0.15, 0.2) is 0 Å². The molecule has 5 nitrogen and oxygen atoms in total. The van der Waals surface area contributed by atoms with E-state index in [1.54, 1.807) is 0 Å². The van der Waals surface area contributed by atoms with Gasteiger partial charge in [0.25, 0.3) is 5.91 Å². The van der Waals surface area contributed by atoms with Crippen molar-refractivity contribution >= 4 is 15.9 Å². The highest BCUT2D eigenvalue weighted by atomic mass is 32.2. The van der Waals surface area contributed by atoms with E-state index in [0.29, 0.717) is 31.6 Å². The van der Waals surface area contributed by atoms with Crippen molar-refractivity contribution in [3.8, 4) is 12.3 Å². The molecule has 21 heavy (non-hydrogen) atoms. The van der Waals surface area contributed by atoms with Gasteiger partial charge in [-0.1, -0.05) is 0 Å². The Morgan fingerprint density at radius 2 is 1.86 bits per heavy atom. The van der Waals surface area contributed by atoms with Gasteiger partial charge in [0.2, 0.25) is 10.0 Å². The van der Waals surface area contributed by atoms with Crippen molar-refractivity contribution in [2.45, 2.75) is 24.2 Å². The fraction of sp³-hybridized carbons (Fsp3) is 0.400. The first kappa shape index (κ1) is 15.5. The third kappa shape index (κ3) is 3.63. The lowest BCUT2D eigenvalue weighted by Gasteiger charge is -2.15. The molecule has 1 N–H and O–H groups in total. The first-order valence-electron chi connectivity index (χ1n) is 6.87. The molecule has 0 unspecified atom stereocenters. The number of nitrogens with zero attached hydrogens (tertiary/aromatic N) is 1. The first-order chi connectivity index (χ1) is 10.1. The molecule has 0 radical (unpaired) electrons. The van der Waals surface area contributed by atoms with Gasteiger partial charge in [-0.15, -0.1) is 12.3 Å². The van der Waals surface area contributed by atoms with E-state index in [-0.39, 0.29) is 10.8 Å². The van der Waals surface area contributed by atoms with Crippen molar-refractivity contribution in [3.63, 3.8) is 0 Å². The third-order valence-electron chi connectivity index (χ3n) is 3.37. The molecule has 112 valence electrons. The lowest BCUT2D eigenvalue weighted by atomic mass is 10.2. The molecule has 0 atom stereocenters. The fourth-order valence-electron chi connectivity index (χ4n) is 2.21. The van der Waals surface area contributed by atoms with Gasteiger partial charge in [-0.05, 0) is 37.1 Å². The van der Waals surface area contributed by atoms with Crippen LogP contribution in [0.15, 0.2) is 29.2 Å². The number of carbonyl (C=O) groups is 1. The smallest absolute Gasteiger partial charge is 0.251 e. The third-order valence-corrected chi connectivity index (χ3v) is 5.29. The lowest BCUT2D eigenvalue weighted by molar-refractivity contribution is 0.0954. The Bertz CT molecular complexity index is 638. The maximum atomic E-state index is 12.3. The Morgan fingerprint density at radius 3 is 2.43 bits per heavy atom. The predicted octanol–water partition coefficient (Wildman–Crippen LogP) is 1.22. The maximum absolute atomic E-state index is 12.3. The highest BCUT2D eigenvalue weighted by Crippen LogP contribution is 2.20. The molecule has 0 spiro atoms. The Hall–Kier alpha value is -1.84. The van der Waals surface area contributed by atoms with Crippen LogP contribution in [0.1, 0.15) is 29.6 Å². The standard InChI is InChI=1S/C15H18N2O3S/c1-2-3-10-16-15(18)13-6-8-14(9-7-13)21(19,20)17-11-4-5-12-17/h1,6-9H,3-5,10-12H2,(H,16,18). The topological polar surface area (TPSA) is 66.5 Å². The van der Waals surface area contributed by atoms with Crippen molar-refractivity contribution in [2.24, 2.45) is 0 Å². The Labute approximate surface area is 125 Å². The van der Waals surface area contributed by atoms with Crippen LogP contribution in [-0.2, 0) is 10.0 Å². The summed E-state index contributed by atoms with van der Waals surface area (Å²) in [7, 11) is -3.43. The van der Waals surface area contributed by atoms with E-state index in [4.69, 9.17) is 6.42 Å². The molecule has 0 aliphatic carbocycles. The molecular formula is C15H18N2O3S. The van der Waals surface area contributed by atoms with E-state index in [1.165, 1.54) is 28.6 Å². The van der Waals surface area contributed by atoms with Crippen LogP contribution in [0, 0.1) is 12.3 Å². The van der Waals surface area contributed by atoms with Gasteiger partial charge in [0.1, 0.15) is 0 Å². The summed E-state index contributed by atoms with van der Waals surface area (Å²) in [6.07, 6.45) is 7.37. The summed E-state index contributed by atoms with van der Waals surface area (Å²) in [6, 6.07) is 6.00. The minimum Gasteiger partial charge on any atom is -0.351 e. The molecule has 0 bridgehead atoms. The monoisotopic (exact) mass is 306 g/mol. The molecular weight excluding hydrogens is 288 g/mol. The van der Waals surface area contributed by atoms with Gasteiger partial charge >= 0.3 is 0 Å². The van der Waals surface area contributed by atoms with Gasteiger partial charge in [0, 0.05) is 31.6 Å². The number of hydrogen-bond acceptors (Lipinski definition) is 3. The molecule has 0 saturated carbocycles. The van der Waals surface area contributed by atoms with Gasteiger partial charge in [-0.3, -0.25) is 4.79 Å². The molecule has 1 saturated heterocycles. The summed E-state index contributed by atoms with van der Waals surface area (Å²) in [5.74, 6) is 2.18. The zero-order valence-corrected chi connectivity index (χ0v) is 12.5. The molecule has 1 aliphatic heterocycles. The molecule has 2 rings (SSSR count). The van der Waals surface area contributed by atoms with Crippen molar-refractivity contribution in [2.75, 3.05) is 19.6 Å². The highest BCUT2D eigenvalue weighted by Gasteiger charge is 2.27. The van der Waals surface area contributed by atoms with Crippen molar-refractivity contribution in [1.29, 1.82) is 0 Å². The quantitative estimate of drug-likeness (QED) is 0.657. The molecule has 1 fully saturated rings. The van der Waals surface area contributed by atoms with Crippen molar-refractivity contribution in [3.05, 3.63) is 29.8 Å². The van der Waals surface area contributed by atoms with Crippen LogP contribution in [0.25, 0.3) is 0 Å². The Kier molecular flexibility index (Phi) is 4.99. The molecule has 6 heteroatoms. The summed E-state index contributed by atoms with van der Waals surface area (Å²) in [6.45, 7) is 1.54. The first-order valence-corrected chi connectivity index (χ1v) is 8.31. The van der Waals surface area contributed by atoms with E-state index < -0.39 is 10.0 Å². The molecule has 1 aromatic carbocycles. The van der Waals surface area contributed by atoms with Gasteiger partial charge in [0.05, 0.1) is 4.90 Å². The average molecular weight is 306 g/mol. The number of sulfonamides is 1. The largest absolute Gasteiger partial charge is 0.351 e. The SMILES string of the molecule is C#CCCNC(=O)c1ccc(S(=O)(=O)N2CCCC2)cc1. The predicted molar refractivity (Wildman–Crippen MR) is 80.2 cm³/mol. The van der Waals surface area contributed by atoms with E-state index in [0.717, 1.165) is 12.8 Å². The summed E-state index contributed by atoms with van der Waals surface area (Å²) in [4.78, 5) is 12.0. The van der Waals surface area contributed by atoms with E-state index >= 15 is 0 Å². The Balaban J connectivity index is 2.08. The number of benzene rings is 1. The minimum absolute atomic E-state index is 0.226. The van der Waals surface area contributed by atoms with Crippen LogP contribution in [0.3, 0.4) is 0 Å². The van der Waals surface area contributed by atoms with Crippen LogP contribution in [-0.4, -0.2) is 38.3 Å². The van der Waals surface area contributed by atoms with Gasteiger partial charge in [-0.2, -0.15) is 4.31 Å². The van der Waals surface area contributed by atoms with Gasteiger partial charge < -0.3 is 5.32 Å². The average Bonchev–Trinajstić information content (AvgIpc) is 3.02. The van der Waals surface area contributed by atoms with E-state index in [1.807, 2.05) is 0 Å². The maximum Gasteiger partial charge on any atom is 0.251 e.